The number of rotatable bonds is 38. The molecule has 90 heavy (non-hydrogen) atoms. The topological polar surface area (TPSA) is 509 Å². The van der Waals surface area contributed by atoms with Crippen LogP contribution in [0.15, 0.2) is 90.1 Å². The highest BCUT2D eigenvalue weighted by atomic mass is 16.4. The molecule has 0 saturated carbocycles. The minimum atomic E-state index is -1.93. The van der Waals surface area contributed by atoms with E-state index in [-0.39, 0.29) is 75.7 Å². The summed E-state index contributed by atoms with van der Waals surface area (Å²) in [6, 6.07) is 7.21. The van der Waals surface area contributed by atoms with Gasteiger partial charge in [0.05, 0.1) is 25.1 Å². The molecule has 0 fully saturated rings. The minimum absolute atomic E-state index is 0.0559. The Balaban J connectivity index is 1.56. The summed E-state index contributed by atoms with van der Waals surface area (Å²) >= 11 is 0. The molecule has 3 aromatic carbocycles. The second-order valence-corrected chi connectivity index (χ2v) is 21.8. The molecular formula is C60H85N15O15. The van der Waals surface area contributed by atoms with Gasteiger partial charge >= 0.3 is 11.9 Å². The van der Waals surface area contributed by atoms with Gasteiger partial charge in [-0.25, -0.2) is 4.79 Å². The van der Waals surface area contributed by atoms with Gasteiger partial charge in [0.15, 0.2) is 5.96 Å². The molecule has 1 heterocycles. The van der Waals surface area contributed by atoms with Gasteiger partial charge in [-0.3, -0.25) is 52.9 Å². The van der Waals surface area contributed by atoms with Crippen molar-refractivity contribution in [3.63, 3.8) is 0 Å². The summed E-state index contributed by atoms with van der Waals surface area (Å²) in [5, 5.41) is 63.7. The van der Waals surface area contributed by atoms with Crippen molar-refractivity contribution in [1.82, 2.24) is 52.8 Å². The van der Waals surface area contributed by atoms with Crippen LogP contribution in [-0.2, 0) is 72.0 Å². The predicted octanol–water partition coefficient (Wildman–Crippen LogP) is -2.59. The highest BCUT2D eigenvalue weighted by Crippen LogP contribution is 2.20. The Morgan fingerprint density at radius 2 is 1.11 bits per heavy atom. The van der Waals surface area contributed by atoms with E-state index >= 15 is 0 Å². The Bertz CT molecular complexity index is 3120. The first-order chi connectivity index (χ1) is 42.7. The number of aromatic nitrogens is 1. The van der Waals surface area contributed by atoms with Crippen LogP contribution in [0.1, 0.15) is 89.3 Å². The summed E-state index contributed by atoms with van der Waals surface area (Å²) in [5.74, 6) is -12.1. The second-order valence-electron chi connectivity index (χ2n) is 21.8. The maximum absolute atomic E-state index is 14.4. The number of fused-ring (bicyclic) bond motifs is 1. The van der Waals surface area contributed by atoms with E-state index in [4.69, 9.17) is 22.9 Å². The Kier molecular flexibility index (Phi) is 29.6. The van der Waals surface area contributed by atoms with Crippen molar-refractivity contribution in [2.45, 2.75) is 152 Å². The van der Waals surface area contributed by atoms with Crippen molar-refractivity contribution in [1.29, 1.82) is 0 Å². The molecule has 22 N–H and O–H groups in total. The zero-order chi connectivity index (χ0) is 66.6. The van der Waals surface area contributed by atoms with Gasteiger partial charge in [0.25, 0.3) is 0 Å². The summed E-state index contributed by atoms with van der Waals surface area (Å²) in [6.45, 7) is 5.67. The van der Waals surface area contributed by atoms with Gasteiger partial charge in [0.1, 0.15) is 54.1 Å². The zero-order valence-corrected chi connectivity index (χ0v) is 50.7. The van der Waals surface area contributed by atoms with E-state index in [1.54, 1.807) is 67.7 Å². The van der Waals surface area contributed by atoms with Crippen molar-refractivity contribution in [2.75, 3.05) is 19.6 Å². The molecule has 30 nitrogen and oxygen atoms in total. The Labute approximate surface area is 519 Å². The smallest absolute Gasteiger partial charge is 0.326 e. The lowest BCUT2D eigenvalue weighted by Crippen LogP contribution is -2.62. The maximum Gasteiger partial charge on any atom is 0.326 e. The summed E-state index contributed by atoms with van der Waals surface area (Å²) < 4.78 is 0. The van der Waals surface area contributed by atoms with Crippen molar-refractivity contribution < 1.29 is 73.2 Å². The fraction of sp³-hybridized carbons (Fsp3) is 0.467. The number of nitrogens with one attached hydrogen (secondary N) is 10. The van der Waals surface area contributed by atoms with E-state index in [1.165, 1.54) is 31.2 Å². The molecule has 4 aromatic rings. The first kappa shape index (κ1) is 72.8. The lowest BCUT2D eigenvalue weighted by atomic mass is 9.99. The number of unbranched alkanes of at least 4 members (excludes halogenated alkanes) is 1. The second kappa shape index (κ2) is 36.6. The van der Waals surface area contributed by atoms with Gasteiger partial charge in [-0.2, -0.15) is 0 Å². The van der Waals surface area contributed by atoms with E-state index in [2.05, 4.69) is 57.8 Å². The lowest BCUT2D eigenvalue weighted by molar-refractivity contribution is -0.142. The van der Waals surface area contributed by atoms with Crippen molar-refractivity contribution in [3.8, 4) is 5.75 Å². The number of amides is 9. The number of aliphatic carboxylic acids is 2. The molecule has 1 aromatic heterocycles. The number of carboxylic acids is 2. The number of guanidine groups is 1. The standard InChI is InChI=1S/C60H85N15O15/c1-5-32(2)49(62)57(87)67-31-47(78)69-45(28-37-30-66-40-17-10-9-16-39(37)40)54(84)70-41(18-11-12-24-61)52(82)74-46(29-48(79)80)55(85)73-44(26-35-14-7-6-8-15-35)56(86)75-50(34(4)76)58(88)68-33(3)51(81)72-43(27-36-20-22-38(77)23-21-36)53(83)71-42(59(89)90)19-13-25-65-60(63)64/h6-10,14-17,20-23,30,32-34,41-46,49-50,66,76-77H,5,11-13,18-19,24-29,31,61-62H2,1-4H3,(H,67,87)(H,68,88)(H,69,78)(H,70,84)(H,71,83)(H,72,81)(H,73,85)(H,74,82)(H,75,86)(H,79,80)(H,89,90)(H4,63,64,65)/t32-,33-,34+,41-,42-,43-,44-,45-,46-,49-,50-/m0/s1. The quantitative estimate of drug-likeness (QED) is 0.0124. The SMILES string of the molecule is CC[C@H](C)[C@H](N)C(=O)NCC(=O)N[C@@H](Cc1c[nH]c2ccccc12)C(=O)N[C@@H](CCCCN)C(=O)N[C@@H](CC(=O)O)C(=O)N[C@@H](Cc1ccccc1)C(=O)N[C@H](C(=O)N[C@@H](C)C(=O)N[C@@H](Cc1ccc(O)cc1)C(=O)N[C@@H](CCCN=C(N)N)C(=O)O)[C@@H](C)O. The molecule has 490 valence electrons. The summed E-state index contributed by atoms with van der Waals surface area (Å²) in [4.78, 5) is 157. The fourth-order valence-electron chi connectivity index (χ4n) is 9.23. The monoisotopic (exact) mass is 1260 g/mol. The number of nitrogens with two attached hydrogens (primary N) is 4. The van der Waals surface area contributed by atoms with Gasteiger partial charge in [-0.05, 0) is 93.3 Å². The Morgan fingerprint density at radius 3 is 1.71 bits per heavy atom. The number of carboxylic acid groups (broad SMARTS) is 2. The van der Waals surface area contributed by atoms with E-state index in [0.717, 1.165) is 17.8 Å². The molecule has 11 atom stereocenters. The maximum atomic E-state index is 14.4. The number of hydrogen-bond donors (Lipinski definition) is 18. The van der Waals surface area contributed by atoms with Crippen LogP contribution in [0.5, 0.6) is 5.75 Å². The first-order valence-electron chi connectivity index (χ1n) is 29.4. The normalized spacial score (nSPS) is 14.7. The Hall–Kier alpha value is -9.68. The van der Waals surface area contributed by atoms with Crippen LogP contribution < -0.4 is 70.8 Å². The molecule has 9 amide bonds. The first-order valence-corrected chi connectivity index (χ1v) is 29.4. The van der Waals surface area contributed by atoms with Gasteiger partial charge in [-0.1, -0.05) is 80.9 Å². The molecule has 0 bridgehead atoms. The highest BCUT2D eigenvalue weighted by molar-refractivity contribution is 5.99. The van der Waals surface area contributed by atoms with Crippen LogP contribution in [0.25, 0.3) is 10.9 Å². The number of carbonyl (C=O) groups excluding carboxylic acids is 9. The third-order valence-electron chi connectivity index (χ3n) is 14.6. The fourth-order valence-corrected chi connectivity index (χ4v) is 9.23. The molecule has 30 heteroatoms. The average molecular weight is 1260 g/mol. The summed E-state index contributed by atoms with van der Waals surface area (Å²) in [6.07, 6.45) is -0.599. The van der Waals surface area contributed by atoms with Crippen LogP contribution in [0.3, 0.4) is 0 Å². The number of H-pyrrole nitrogens is 1. The van der Waals surface area contributed by atoms with Gasteiger partial charge in [0, 0.05) is 42.9 Å². The molecule has 0 spiro atoms. The number of aliphatic hydroxyl groups is 1. The third kappa shape index (κ3) is 24.1. The molecule has 0 saturated heterocycles. The molecular weight excluding hydrogens is 1170 g/mol. The predicted molar refractivity (Wildman–Crippen MR) is 330 cm³/mol. The number of aromatic hydroxyl groups is 1. The van der Waals surface area contributed by atoms with Crippen LogP contribution in [-0.4, -0.2) is 177 Å². The van der Waals surface area contributed by atoms with Crippen molar-refractivity contribution in [2.24, 2.45) is 33.8 Å². The molecule has 0 unspecified atom stereocenters. The van der Waals surface area contributed by atoms with Crippen LogP contribution in [0, 0.1) is 5.92 Å². The van der Waals surface area contributed by atoms with Crippen LogP contribution in [0.4, 0.5) is 0 Å². The number of nitrogens with zero attached hydrogens (tertiary/aromatic N) is 1. The van der Waals surface area contributed by atoms with E-state index in [9.17, 15) is 73.2 Å². The largest absolute Gasteiger partial charge is 0.508 e. The van der Waals surface area contributed by atoms with Crippen LogP contribution >= 0.6 is 0 Å². The van der Waals surface area contributed by atoms with Gasteiger partial charge < -0.3 is 96.2 Å². The van der Waals surface area contributed by atoms with Crippen LogP contribution in [0.2, 0.25) is 0 Å². The molecule has 4 rings (SSSR count). The van der Waals surface area contributed by atoms with E-state index in [1.807, 2.05) is 6.92 Å². The van der Waals surface area contributed by atoms with Gasteiger partial charge in [0.2, 0.25) is 53.2 Å². The number of phenols is 1. The number of phenolic OH excluding ortho intramolecular Hbond substituents is 1. The number of aliphatic imine (C=N–C) groups is 1. The number of aliphatic hydroxyl groups excluding tert-OH is 1. The molecule has 0 aliphatic carbocycles. The number of hydrogen-bond acceptors (Lipinski definition) is 16. The number of para-hydroxylation sites is 1. The number of carbonyl (C=O) groups is 11. The third-order valence-corrected chi connectivity index (χ3v) is 14.6. The van der Waals surface area contributed by atoms with Gasteiger partial charge in [-0.15, -0.1) is 0 Å². The van der Waals surface area contributed by atoms with Crippen molar-refractivity contribution in [3.05, 3.63) is 102 Å². The number of aromatic amines is 1. The summed E-state index contributed by atoms with van der Waals surface area (Å²) in [7, 11) is 0. The summed E-state index contributed by atoms with van der Waals surface area (Å²) in [5.41, 5.74) is 24.7. The Morgan fingerprint density at radius 1 is 0.578 bits per heavy atom. The van der Waals surface area contributed by atoms with E-state index in [0.29, 0.717) is 29.5 Å². The van der Waals surface area contributed by atoms with Crippen molar-refractivity contribution >= 4 is 82.0 Å². The van der Waals surface area contributed by atoms with E-state index < -0.39 is 139 Å². The molecule has 0 radical (unpaired) electrons. The highest BCUT2D eigenvalue weighted by Gasteiger charge is 2.36. The lowest BCUT2D eigenvalue weighted by Gasteiger charge is -2.28. The average Bonchev–Trinajstić information content (AvgIpc) is 1.89. The molecule has 0 aliphatic rings. The number of benzene rings is 3. The molecule has 0 aliphatic heterocycles. The zero-order valence-electron chi connectivity index (χ0n) is 50.7. The minimum Gasteiger partial charge on any atom is -0.508 e.